The third-order valence-corrected chi connectivity index (χ3v) is 0.298. The summed E-state index contributed by atoms with van der Waals surface area (Å²) in [5, 5.41) is 15.7. The zero-order valence-corrected chi connectivity index (χ0v) is 3.26. The van der Waals surface area contributed by atoms with Crippen molar-refractivity contribution in [2.75, 3.05) is 6.61 Å². The number of aliphatic hydroxyl groups is 1. The number of rotatable bonds is 1. The number of nitriles is 1. The van der Waals surface area contributed by atoms with Crippen LogP contribution in [-0.2, 0) is 0 Å². The van der Waals surface area contributed by atoms with Crippen molar-refractivity contribution in [3.05, 3.63) is 12.2 Å². The Kier molecular flexibility index (Phi) is 3.62. The first-order valence-corrected chi connectivity index (χ1v) is 1.57. The van der Waals surface area contributed by atoms with Gasteiger partial charge in [0.25, 0.3) is 0 Å². The standard InChI is InChI=1S/C4H5NO/c5-3-1-2-4-6/h1-2,6H,4H2/b2-1+. The minimum absolute atomic E-state index is 0.0481. The van der Waals surface area contributed by atoms with Crippen molar-refractivity contribution in [1.29, 1.82) is 5.26 Å². The van der Waals surface area contributed by atoms with Crippen molar-refractivity contribution in [2.45, 2.75) is 0 Å². The fraction of sp³-hybridized carbons (Fsp3) is 0.250. The third-order valence-electron chi connectivity index (χ3n) is 0.298. The molecule has 0 saturated carbocycles. The molecule has 0 radical (unpaired) electrons. The van der Waals surface area contributed by atoms with Gasteiger partial charge in [-0.1, -0.05) is 0 Å². The van der Waals surface area contributed by atoms with E-state index >= 15 is 0 Å². The van der Waals surface area contributed by atoms with Crippen LogP contribution in [0.2, 0.25) is 0 Å². The third kappa shape index (κ3) is 3.19. The Hall–Kier alpha value is -0.810. The van der Waals surface area contributed by atoms with Crippen molar-refractivity contribution >= 4 is 0 Å². The van der Waals surface area contributed by atoms with Gasteiger partial charge >= 0.3 is 0 Å². The maximum atomic E-state index is 7.96. The van der Waals surface area contributed by atoms with Gasteiger partial charge in [-0.3, -0.25) is 0 Å². The average Bonchev–Trinajstić information content (AvgIpc) is 1.61. The summed E-state index contributed by atoms with van der Waals surface area (Å²) >= 11 is 0. The van der Waals surface area contributed by atoms with Gasteiger partial charge in [-0.15, -0.1) is 0 Å². The summed E-state index contributed by atoms with van der Waals surface area (Å²) in [6.45, 7) is -0.0481. The van der Waals surface area contributed by atoms with Crippen molar-refractivity contribution in [2.24, 2.45) is 0 Å². The Bertz CT molecular complexity index is 80.0. The molecule has 0 aliphatic carbocycles. The lowest BCUT2D eigenvalue weighted by Crippen LogP contribution is -1.66. The van der Waals surface area contributed by atoms with E-state index in [-0.39, 0.29) is 6.61 Å². The fourth-order valence-electron chi connectivity index (χ4n) is 0.105. The van der Waals surface area contributed by atoms with Gasteiger partial charge in [0.05, 0.1) is 12.7 Å². The van der Waals surface area contributed by atoms with Crippen LogP contribution in [0.15, 0.2) is 12.2 Å². The summed E-state index contributed by atoms with van der Waals surface area (Å²) in [4.78, 5) is 0. The van der Waals surface area contributed by atoms with E-state index in [1.54, 1.807) is 6.07 Å². The maximum absolute atomic E-state index is 7.96. The maximum Gasteiger partial charge on any atom is 0.0909 e. The molecule has 0 fully saturated rings. The molecule has 0 aliphatic rings. The summed E-state index contributed by atoms with van der Waals surface area (Å²) in [7, 11) is 0. The normalized spacial score (nSPS) is 8.67. The zero-order valence-electron chi connectivity index (χ0n) is 3.26. The molecule has 0 spiro atoms. The lowest BCUT2D eigenvalue weighted by atomic mass is 10.5. The van der Waals surface area contributed by atoms with Crippen LogP contribution in [0.1, 0.15) is 0 Å². The molecule has 6 heavy (non-hydrogen) atoms. The molecular formula is C4H5NO. The second-order valence-electron chi connectivity index (χ2n) is 0.714. The van der Waals surface area contributed by atoms with E-state index in [4.69, 9.17) is 10.4 Å². The van der Waals surface area contributed by atoms with Crippen molar-refractivity contribution < 1.29 is 5.11 Å². The van der Waals surface area contributed by atoms with Gasteiger partial charge in [0.1, 0.15) is 0 Å². The Labute approximate surface area is 36.3 Å². The van der Waals surface area contributed by atoms with Crippen LogP contribution in [0, 0.1) is 11.3 Å². The first kappa shape index (κ1) is 5.19. The van der Waals surface area contributed by atoms with E-state index < -0.39 is 0 Å². The summed E-state index contributed by atoms with van der Waals surface area (Å²) in [6, 6.07) is 1.73. The highest BCUT2D eigenvalue weighted by molar-refractivity contribution is 5.00. The molecule has 32 valence electrons. The quantitative estimate of drug-likeness (QED) is 0.455. The van der Waals surface area contributed by atoms with Gasteiger partial charge in [-0.05, 0) is 6.08 Å². The largest absolute Gasteiger partial charge is 0.392 e. The molecule has 0 bridgehead atoms. The number of aliphatic hydroxyl groups excluding tert-OH is 1. The molecular weight excluding hydrogens is 78.0 g/mol. The highest BCUT2D eigenvalue weighted by Gasteiger charge is 1.58. The Morgan fingerprint density at radius 1 is 1.83 bits per heavy atom. The van der Waals surface area contributed by atoms with Gasteiger partial charge in [-0.25, -0.2) is 0 Å². The predicted octanol–water partition coefficient (Wildman–Crippen LogP) is 0.0585. The van der Waals surface area contributed by atoms with Gasteiger partial charge in [0.2, 0.25) is 0 Å². The molecule has 0 heterocycles. The summed E-state index contributed by atoms with van der Waals surface area (Å²) in [5.74, 6) is 0. The van der Waals surface area contributed by atoms with Crippen LogP contribution in [0.4, 0.5) is 0 Å². The SMILES string of the molecule is N#C/C=C/CO. The van der Waals surface area contributed by atoms with E-state index in [0.717, 1.165) is 0 Å². The first-order valence-electron chi connectivity index (χ1n) is 1.57. The molecule has 0 aromatic heterocycles. The van der Waals surface area contributed by atoms with Gasteiger partial charge in [-0.2, -0.15) is 5.26 Å². The number of hydrogen-bond donors (Lipinski definition) is 1. The Morgan fingerprint density at radius 3 is 2.67 bits per heavy atom. The summed E-state index contributed by atoms with van der Waals surface area (Å²) in [6.07, 6.45) is 2.61. The number of nitrogens with zero attached hydrogens (tertiary/aromatic N) is 1. The van der Waals surface area contributed by atoms with Crippen LogP contribution in [-0.4, -0.2) is 11.7 Å². The van der Waals surface area contributed by atoms with Crippen molar-refractivity contribution in [1.82, 2.24) is 0 Å². The second kappa shape index (κ2) is 4.19. The molecule has 2 heteroatoms. The van der Waals surface area contributed by atoms with E-state index in [1.165, 1.54) is 12.2 Å². The summed E-state index contributed by atoms with van der Waals surface area (Å²) in [5.41, 5.74) is 0. The fourth-order valence-corrected chi connectivity index (χ4v) is 0.105. The van der Waals surface area contributed by atoms with Crippen LogP contribution < -0.4 is 0 Å². The molecule has 0 aliphatic heterocycles. The molecule has 0 rings (SSSR count). The molecule has 0 amide bonds. The lowest BCUT2D eigenvalue weighted by molar-refractivity contribution is 0.343. The van der Waals surface area contributed by atoms with E-state index in [9.17, 15) is 0 Å². The Balaban J connectivity index is 3.02. The van der Waals surface area contributed by atoms with E-state index in [1.807, 2.05) is 0 Å². The minimum Gasteiger partial charge on any atom is -0.392 e. The van der Waals surface area contributed by atoms with Gasteiger partial charge in [0, 0.05) is 6.08 Å². The van der Waals surface area contributed by atoms with Crippen LogP contribution in [0.3, 0.4) is 0 Å². The minimum atomic E-state index is -0.0481. The molecule has 0 aromatic rings. The van der Waals surface area contributed by atoms with E-state index in [0.29, 0.717) is 0 Å². The summed E-state index contributed by atoms with van der Waals surface area (Å²) < 4.78 is 0. The smallest absolute Gasteiger partial charge is 0.0909 e. The van der Waals surface area contributed by atoms with Crippen LogP contribution in [0.5, 0.6) is 0 Å². The second-order valence-corrected chi connectivity index (χ2v) is 0.714. The lowest BCUT2D eigenvalue weighted by Gasteiger charge is -1.65. The average molecular weight is 83.1 g/mol. The molecule has 0 unspecified atom stereocenters. The Morgan fingerprint density at radius 2 is 2.50 bits per heavy atom. The first-order chi connectivity index (χ1) is 2.91. The van der Waals surface area contributed by atoms with Crippen LogP contribution >= 0.6 is 0 Å². The molecule has 0 atom stereocenters. The van der Waals surface area contributed by atoms with E-state index in [2.05, 4.69) is 0 Å². The monoisotopic (exact) mass is 83.0 g/mol. The topological polar surface area (TPSA) is 44.0 Å². The van der Waals surface area contributed by atoms with Crippen molar-refractivity contribution in [3.8, 4) is 6.07 Å². The van der Waals surface area contributed by atoms with Crippen LogP contribution in [0.25, 0.3) is 0 Å². The molecule has 1 N–H and O–H groups in total. The number of allylic oxidation sites excluding steroid dienone is 1. The zero-order chi connectivity index (χ0) is 4.83. The highest BCUT2D eigenvalue weighted by Crippen LogP contribution is 1.61. The van der Waals surface area contributed by atoms with Gasteiger partial charge < -0.3 is 5.11 Å². The highest BCUT2D eigenvalue weighted by atomic mass is 16.2. The van der Waals surface area contributed by atoms with Crippen molar-refractivity contribution in [3.63, 3.8) is 0 Å². The molecule has 2 nitrogen and oxygen atoms in total. The molecule has 0 saturated heterocycles. The van der Waals surface area contributed by atoms with Gasteiger partial charge in [0.15, 0.2) is 0 Å². The number of hydrogen-bond acceptors (Lipinski definition) is 2. The molecule has 0 aromatic carbocycles. The predicted molar refractivity (Wildman–Crippen MR) is 21.8 cm³/mol.